The van der Waals surface area contributed by atoms with Gasteiger partial charge in [-0.05, 0) is 56.2 Å². The second-order valence-electron chi connectivity index (χ2n) is 7.34. The molecule has 1 aliphatic heterocycles. The predicted octanol–water partition coefficient (Wildman–Crippen LogP) is 3.63. The van der Waals surface area contributed by atoms with Gasteiger partial charge in [0.2, 0.25) is 10.0 Å². The fraction of sp³-hybridized carbons (Fsp3) is 0.286. The summed E-state index contributed by atoms with van der Waals surface area (Å²) in [7, 11) is -3.35. The van der Waals surface area contributed by atoms with Crippen LogP contribution >= 0.6 is 0 Å². The molecule has 1 N–H and O–H groups in total. The maximum Gasteiger partial charge on any atom is 0.251 e. The van der Waals surface area contributed by atoms with Gasteiger partial charge in [0.15, 0.2) is 0 Å². The van der Waals surface area contributed by atoms with E-state index in [2.05, 4.69) is 5.32 Å². The second-order valence-corrected chi connectivity index (χ2v) is 9.20. The van der Waals surface area contributed by atoms with Gasteiger partial charge < -0.3 is 9.73 Å². The lowest BCUT2D eigenvalue weighted by atomic mass is 10.1. The van der Waals surface area contributed by atoms with Crippen LogP contribution in [0, 0.1) is 0 Å². The number of anilines is 1. The van der Waals surface area contributed by atoms with Crippen LogP contribution in [0.1, 0.15) is 41.6 Å². The summed E-state index contributed by atoms with van der Waals surface area (Å²) in [5.41, 5.74) is 2.80. The van der Waals surface area contributed by atoms with Gasteiger partial charge in [0.1, 0.15) is 11.3 Å². The molecule has 2 heterocycles. The largest absolute Gasteiger partial charge is 0.459 e. The van der Waals surface area contributed by atoms with Gasteiger partial charge in [-0.3, -0.25) is 9.10 Å². The van der Waals surface area contributed by atoms with Crippen molar-refractivity contribution in [3.05, 3.63) is 65.4 Å². The van der Waals surface area contributed by atoms with Gasteiger partial charge in [-0.2, -0.15) is 0 Å². The minimum atomic E-state index is -3.35. The number of hydrogen-bond donors (Lipinski definition) is 1. The van der Waals surface area contributed by atoms with Gasteiger partial charge in [0, 0.05) is 17.0 Å². The molecule has 0 aliphatic carbocycles. The molecule has 2 aromatic carbocycles. The summed E-state index contributed by atoms with van der Waals surface area (Å²) in [6.07, 6.45) is 1.79. The number of carbonyl (C=O) groups is 1. The van der Waals surface area contributed by atoms with Crippen molar-refractivity contribution in [3.8, 4) is 0 Å². The molecule has 28 heavy (non-hydrogen) atoms. The Morgan fingerprint density at radius 1 is 1.21 bits per heavy atom. The van der Waals surface area contributed by atoms with Crippen molar-refractivity contribution in [2.75, 3.05) is 10.6 Å². The molecule has 1 aliphatic rings. The lowest BCUT2D eigenvalue weighted by Gasteiger charge is -2.22. The van der Waals surface area contributed by atoms with E-state index < -0.39 is 10.0 Å². The Hall–Kier alpha value is -2.80. The smallest absolute Gasteiger partial charge is 0.251 e. The Kier molecular flexibility index (Phi) is 4.42. The van der Waals surface area contributed by atoms with Gasteiger partial charge in [0.25, 0.3) is 5.91 Å². The lowest BCUT2D eigenvalue weighted by molar-refractivity contribution is 0.0935. The average molecular weight is 398 g/mol. The molecule has 2 atom stereocenters. The number of fused-ring (bicyclic) bond motifs is 2. The van der Waals surface area contributed by atoms with Crippen molar-refractivity contribution in [1.82, 2.24) is 5.32 Å². The molecule has 7 heteroatoms. The quantitative estimate of drug-likeness (QED) is 0.728. The van der Waals surface area contributed by atoms with Gasteiger partial charge >= 0.3 is 0 Å². The van der Waals surface area contributed by atoms with E-state index in [-0.39, 0.29) is 18.0 Å². The summed E-state index contributed by atoms with van der Waals surface area (Å²) in [5.74, 6) is 0.466. The van der Waals surface area contributed by atoms with Gasteiger partial charge in [-0.25, -0.2) is 8.42 Å². The first-order chi connectivity index (χ1) is 13.2. The summed E-state index contributed by atoms with van der Waals surface area (Å²) < 4.78 is 31.3. The van der Waals surface area contributed by atoms with Crippen molar-refractivity contribution in [2.24, 2.45) is 0 Å². The number of hydrogen-bond acceptors (Lipinski definition) is 4. The molecule has 146 valence electrons. The second kappa shape index (κ2) is 6.67. The number of furan rings is 1. The number of rotatable bonds is 4. The molecule has 2 unspecified atom stereocenters. The monoisotopic (exact) mass is 398 g/mol. The zero-order valence-corrected chi connectivity index (χ0v) is 16.8. The maximum atomic E-state index is 12.7. The summed E-state index contributed by atoms with van der Waals surface area (Å²) in [4.78, 5) is 12.7. The Morgan fingerprint density at radius 3 is 2.68 bits per heavy atom. The van der Waals surface area contributed by atoms with Crippen LogP contribution in [0.5, 0.6) is 0 Å². The van der Waals surface area contributed by atoms with E-state index in [0.29, 0.717) is 23.4 Å². The molecule has 3 aromatic rings. The van der Waals surface area contributed by atoms with Crippen LogP contribution in [-0.2, 0) is 16.4 Å². The molecule has 0 bridgehead atoms. The highest BCUT2D eigenvalue weighted by Crippen LogP contribution is 2.34. The van der Waals surface area contributed by atoms with Crippen LogP contribution in [0.3, 0.4) is 0 Å². The number of carbonyl (C=O) groups excluding carboxylic acids is 1. The van der Waals surface area contributed by atoms with E-state index in [4.69, 9.17) is 4.42 Å². The molecular weight excluding hydrogens is 376 g/mol. The number of benzene rings is 2. The van der Waals surface area contributed by atoms with Crippen LogP contribution in [0.25, 0.3) is 11.0 Å². The van der Waals surface area contributed by atoms with E-state index in [1.807, 2.05) is 44.2 Å². The third-order valence-electron chi connectivity index (χ3n) is 5.07. The Bertz CT molecular complexity index is 1130. The Labute approximate surface area is 164 Å². The first kappa shape index (κ1) is 18.6. The van der Waals surface area contributed by atoms with E-state index in [9.17, 15) is 13.2 Å². The zero-order valence-electron chi connectivity index (χ0n) is 16.0. The van der Waals surface area contributed by atoms with Crippen LogP contribution < -0.4 is 9.62 Å². The van der Waals surface area contributed by atoms with E-state index >= 15 is 0 Å². The number of nitrogens with one attached hydrogen (secondary N) is 1. The molecular formula is C21H22N2O4S. The number of amides is 1. The molecule has 0 fully saturated rings. The first-order valence-corrected chi connectivity index (χ1v) is 11.0. The molecule has 6 nitrogen and oxygen atoms in total. The molecule has 0 saturated carbocycles. The fourth-order valence-electron chi connectivity index (χ4n) is 3.82. The highest BCUT2D eigenvalue weighted by atomic mass is 32.2. The topological polar surface area (TPSA) is 79.6 Å². The molecule has 1 aromatic heterocycles. The van der Waals surface area contributed by atoms with Crippen LogP contribution in [0.2, 0.25) is 0 Å². The lowest BCUT2D eigenvalue weighted by Crippen LogP contribution is -2.34. The predicted molar refractivity (Wildman–Crippen MR) is 109 cm³/mol. The molecule has 0 radical (unpaired) electrons. The van der Waals surface area contributed by atoms with Gasteiger partial charge in [-0.15, -0.1) is 0 Å². The normalized spacial score (nSPS) is 17.5. The van der Waals surface area contributed by atoms with Crippen molar-refractivity contribution < 1.29 is 17.6 Å². The molecule has 0 spiro atoms. The van der Waals surface area contributed by atoms with Crippen molar-refractivity contribution in [2.45, 2.75) is 32.4 Å². The number of nitrogens with zero attached hydrogens (tertiary/aromatic N) is 1. The Morgan fingerprint density at radius 2 is 1.96 bits per heavy atom. The summed E-state index contributed by atoms with van der Waals surface area (Å²) in [6.45, 7) is 3.74. The zero-order chi connectivity index (χ0) is 20.1. The minimum absolute atomic E-state index is 0.155. The van der Waals surface area contributed by atoms with Gasteiger partial charge in [0.05, 0.1) is 18.0 Å². The third-order valence-corrected chi connectivity index (χ3v) is 6.34. The van der Waals surface area contributed by atoms with E-state index in [1.165, 1.54) is 10.6 Å². The molecule has 1 amide bonds. The van der Waals surface area contributed by atoms with Crippen molar-refractivity contribution in [3.63, 3.8) is 0 Å². The minimum Gasteiger partial charge on any atom is -0.459 e. The SMILES string of the molecule is CC(NC(=O)c1ccc2c(c1)CC(C)N2S(C)(=O)=O)c1cc2ccccc2o1. The van der Waals surface area contributed by atoms with Crippen molar-refractivity contribution >= 4 is 32.6 Å². The van der Waals surface area contributed by atoms with E-state index in [0.717, 1.165) is 16.5 Å². The number of sulfonamides is 1. The number of para-hydroxylation sites is 1. The average Bonchev–Trinajstić information content (AvgIpc) is 3.20. The van der Waals surface area contributed by atoms with Crippen LogP contribution in [0.4, 0.5) is 5.69 Å². The van der Waals surface area contributed by atoms with E-state index in [1.54, 1.807) is 18.2 Å². The Balaban J connectivity index is 1.55. The maximum absolute atomic E-state index is 12.7. The van der Waals surface area contributed by atoms with Gasteiger partial charge in [-0.1, -0.05) is 18.2 Å². The summed E-state index contributed by atoms with van der Waals surface area (Å²) in [5, 5.41) is 3.94. The fourth-order valence-corrected chi connectivity index (χ4v) is 5.08. The standard InChI is InChI=1S/C21H22N2O4S/c1-13-10-17-11-16(8-9-18(17)23(13)28(3,25)26)21(24)22-14(2)20-12-15-6-4-5-7-19(15)27-20/h4-9,11-14H,10H2,1-3H3,(H,22,24). The molecule has 4 rings (SSSR count). The van der Waals surface area contributed by atoms with Crippen molar-refractivity contribution in [1.29, 1.82) is 0 Å². The summed E-state index contributed by atoms with van der Waals surface area (Å²) in [6, 6.07) is 14.3. The third kappa shape index (κ3) is 3.26. The summed E-state index contributed by atoms with van der Waals surface area (Å²) >= 11 is 0. The molecule has 0 saturated heterocycles. The highest BCUT2D eigenvalue weighted by molar-refractivity contribution is 7.92. The van der Waals surface area contributed by atoms with Crippen LogP contribution in [0.15, 0.2) is 52.9 Å². The first-order valence-electron chi connectivity index (χ1n) is 9.15. The highest BCUT2D eigenvalue weighted by Gasteiger charge is 2.32. The van der Waals surface area contributed by atoms with Crippen LogP contribution in [-0.4, -0.2) is 26.6 Å².